The zero-order chi connectivity index (χ0) is 15.8. The normalized spacial score (nSPS) is 10.8. The van der Waals surface area contributed by atoms with Gasteiger partial charge in [0.2, 0.25) is 0 Å². The molecule has 0 saturated carbocycles. The Morgan fingerprint density at radius 3 is 2.70 bits per heavy atom. The summed E-state index contributed by atoms with van der Waals surface area (Å²) in [6.45, 7) is 3.47. The van der Waals surface area contributed by atoms with Crippen LogP contribution in [0.5, 0.6) is 0 Å². The number of nitrogens with one attached hydrogen (secondary N) is 2. The second-order valence-electron chi connectivity index (χ2n) is 4.86. The van der Waals surface area contributed by atoms with Crippen molar-refractivity contribution in [3.8, 4) is 0 Å². The summed E-state index contributed by atoms with van der Waals surface area (Å²) >= 11 is 5.77. The van der Waals surface area contributed by atoms with Gasteiger partial charge in [0.25, 0.3) is 0 Å². The lowest BCUT2D eigenvalue weighted by molar-refractivity contribution is 0.779. The summed E-state index contributed by atoms with van der Waals surface area (Å²) in [5.41, 5.74) is 3.32. The second-order valence-corrected chi connectivity index (χ2v) is 5.25. The molecule has 124 valence electrons. The first-order valence-electron chi connectivity index (χ1n) is 7.14. The van der Waals surface area contributed by atoms with Gasteiger partial charge in [-0.25, -0.2) is 4.98 Å². The van der Waals surface area contributed by atoms with E-state index in [1.165, 1.54) is 0 Å². The predicted octanol–water partition coefficient (Wildman–Crippen LogP) is 2.96. The number of nitrogens with zero attached hydrogens (tertiary/aromatic N) is 3. The minimum absolute atomic E-state index is 0. The van der Waals surface area contributed by atoms with Gasteiger partial charge in [-0.3, -0.25) is 9.98 Å². The topological polar surface area (TPSA) is 62.2 Å². The third-order valence-corrected chi connectivity index (χ3v) is 3.48. The Bertz CT molecular complexity index is 631. The molecule has 2 aromatic rings. The van der Waals surface area contributed by atoms with E-state index in [-0.39, 0.29) is 24.0 Å². The highest BCUT2D eigenvalue weighted by molar-refractivity contribution is 14.0. The van der Waals surface area contributed by atoms with Crippen LogP contribution in [-0.2, 0) is 13.0 Å². The molecule has 0 bridgehead atoms. The molecule has 7 heteroatoms. The van der Waals surface area contributed by atoms with Gasteiger partial charge in [-0.2, -0.15) is 0 Å². The van der Waals surface area contributed by atoms with E-state index < -0.39 is 0 Å². The number of rotatable bonds is 5. The standard InChI is InChI=1S/C16H20ClN5.HI/c1-12-4-3-8-19-14(12)11-22-16(18-2)20-9-7-13-5-6-15(17)21-10-13;/h3-6,8,10H,7,9,11H2,1-2H3,(H2,18,20,22);1H. The van der Waals surface area contributed by atoms with Crippen LogP contribution in [0, 0.1) is 6.92 Å². The van der Waals surface area contributed by atoms with E-state index >= 15 is 0 Å². The Balaban J connectivity index is 0.00000264. The first-order valence-corrected chi connectivity index (χ1v) is 7.52. The first kappa shape index (κ1) is 19.6. The Morgan fingerprint density at radius 2 is 2.04 bits per heavy atom. The van der Waals surface area contributed by atoms with Crippen LogP contribution in [0.1, 0.15) is 16.8 Å². The van der Waals surface area contributed by atoms with E-state index in [4.69, 9.17) is 11.6 Å². The summed E-state index contributed by atoms with van der Waals surface area (Å²) in [4.78, 5) is 12.6. The van der Waals surface area contributed by atoms with Crippen molar-refractivity contribution in [2.75, 3.05) is 13.6 Å². The van der Waals surface area contributed by atoms with E-state index in [9.17, 15) is 0 Å². The summed E-state index contributed by atoms with van der Waals surface area (Å²) in [5.74, 6) is 0.756. The number of aryl methyl sites for hydroxylation is 1. The molecule has 23 heavy (non-hydrogen) atoms. The zero-order valence-corrected chi connectivity index (χ0v) is 16.3. The molecule has 0 radical (unpaired) electrons. The van der Waals surface area contributed by atoms with E-state index in [1.54, 1.807) is 25.5 Å². The van der Waals surface area contributed by atoms with Crippen molar-refractivity contribution in [3.63, 3.8) is 0 Å². The van der Waals surface area contributed by atoms with E-state index in [0.717, 1.165) is 35.7 Å². The monoisotopic (exact) mass is 445 g/mol. The minimum atomic E-state index is 0. The average molecular weight is 446 g/mol. The maximum atomic E-state index is 5.77. The van der Waals surface area contributed by atoms with Crippen molar-refractivity contribution >= 4 is 41.5 Å². The molecule has 0 aliphatic carbocycles. The summed E-state index contributed by atoms with van der Waals surface area (Å²) in [7, 11) is 1.75. The van der Waals surface area contributed by atoms with Crippen molar-refractivity contribution in [2.24, 2.45) is 4.99 Å². The van der Waals surface area contributed by atoms with Crippen LogP contribution in [-0.4, -0.2) is 29.5 Å². The molecule has 0 fully saturated rings. The first-order chi connectivity index (χ1) is 10.7. The smallest absolute Gasteiger partial charge is 0.191 e. The van der Waals surface area contributed by atoms with Crippen molar-refractivity contribution < 1.29 is 0 Å². The molecule has 0 atom stereocenters. The molecule has 0 amide bonds. The van der Waals surface area contributed by atoms with Crippen LogP contribution in [0.4, 0.5) is 0 Å². The minimum Gasteiger partial charge on any atom is -0.356 e. The number of aliphatic imine (C=N–C) groups is 1. The fourth-order valence-electron chi connectivity index (χ4n) is 1.97. The van der Waals surface area contributed by atoms with Crippen LogP contribution >= 0.6 is 35.6 Å². The molecule has 0 aromatic carbocycles. The van der Waals surface area contributed by atoms with E-state index in [1.807, 2.05) is 25.1 Å². The van der Waals surface area contributed by atoms with Gasteiger partial charge in [-0.1, -0.05) is 23.7 Å². The zero-order valence-electron chi connectivity index (χ0n) is 13.2. The number of halogens is 2. The number of hydrogen-bond acceptors (Lipinski definition) is 3. The van der Waals surface area contributed by atoms with Crippen molar-refractivity contribution in [1.82, 2.24) is 20.6 Å². The molecule has 0 aliphatic heterocycles. The Hall–Kier alpha value is -1.41. The van der Waals surface area contributed by atoms with Gasteiger partial charge in [-0.05, 0) is 36.6 Å². The van der Waals surface area contributed by atoms with Crippen LogP contribution in [0.15, 0.2) is 41.7 Å². The highest BCUT2D eigenvalue weighted by Gasteiger charge is 2.02. The Kier molecular flexibility index (Phi) is 8.86. The average Bonchev–Trinajstić information content (AvgIpc) is 2.54. The lowest BCUT2D eigenvalue weighted by atomic mass is 10.2. The SMILES string of the molecule is CN=C(NCCc1ccc(Cl)nc1)NCc1ncccc1C.I. The highest BCUT2D eigenvalue weighted by Crippen LogP contribution is 2.05. The molecular weight excluding hydrogens is 425 g/mol. The van der Waals surface area contributed by atoms with Crippen LogP contribution < -0.4 is 10.6 Å². The maximum Gasteiger partial charge on any atom is 0.191 e. The molecule has 0 aliphatic rings. The lowest BCUT2D eigenvalue weighted by Crippen LogP contribution is -2.38. The lowest BCUT2D eigenvalue weighted by Gasteiger charge is -2.12. The number of aromatic nitrogens is 2. The van der Waals surface area contributed by atoms with Gasteiger partial charge < -0.3 is 10.6 Å². The molecule has 0 spiro atoms. The molecule has 0 unspecified atom stereocenters. The van der Waals surface area contributed by atoms with Gasteiger partial charge in [0, 0.05) is 26.0 Å². The molecule has 0 saturated heterocycles. The molecule has 2 rings (SSSR count). The summed E-state index contributed by atoms with van der Waals surface area (Å²) in [6, 6.07) is 7.76. The Labute approximate surface area is 159 Å². The van der Waals surface area contributed by atoms with Crippen LogP contribution in [0.2, 0.25) is 5.15 Å². The molecular formula is C16H21ClIN5. The third-order valence-electron chi connectivity index (χ3n) is 3.26. The van der Waals surface area contributed by atoms with Gasteiger partial charge in [0.05, 0.1) is 12.2 Å². The summed E-state index contributed by atoms with van der Waals surface area (Å²) in [6.07, 6.45) is 4.44. The van der Waals surface area contributed by atoms with E-state index in [2.05, 4.69) is 25.6 Å². The fourth-order valence-corrected chi connectivity index (χ4v) is 2.08. The summed E-state index contributed by atoms with van der Waals surface area (Å²) < 4.78 is 0. The van der Waals surface area contributed by atoms with Gasteiger partial charge in [-0.15, -0.1) is 24.0 Å². The molecule has 5 nitrogen and oxygen atoms in total. The molecule has 2 heterocycles. The number of guanidine groups is 1. The van der Waals surface area contributed by atoms with Crippen molar-refractivity contribution in [2.45, 2.75) is 19.9 Å². The van der Waals surface area contributed by atoms with Crippen molar-refractivity contribution in [3.05, 3.63) is 58.6 Å². The number of hydrogen-bond donors (Lipinski definition) is 2. The predicted molar refractivity (Wildman–Crippen MR) is 106 cm³/mol. The maximum absolute atomic E-state index is 5.77. The van der Waals surface area contributed by atoms with Crippen LogP contribution in [0.25, 0.3) is 0 Å². The van der Waals surface area contributed by atoms with Gasteiger partial charge >= 0.3 is 0 Å². The van der Waals surface area contributed by atoms with Crippen molar-refractivity contribution in [1.29, 1.82) is 0 Å². The fraction of sp³-hybridized carbons (Fsp3) is 0.312. The van der Waals surface area contributed by atoms with E-state index in [0.29, 0.717) is 11.7 Å². The van der Waals surface area contributed by atoms with Gasteiger partial charge in [0.1, 0.15) is 5.15 Å². The molecule has 2 aromatic heterocycles. The van der Waals surface area contributed by atoms with Gasteiger partial charge in [0.15, 0.2) is 5.96 Å². The summed E-state index contributed by atoms with van der Waals surface area (Å²) in [5, 5.41) is 7.05. The Morgan fingerprint density at radius 1 is 1.22 bits per heavy atom. The third kappa shape index (κ3) is 6.70. The second kappa shape index (κ2) is 10.4. The molecule has 2 N–H and O–H groups in total. The number of pyridine rings is 2. The van der Waals surface area contributed by atoms with Crippen LogP contribution in [0.3, 0.4) is 0 Å². The largest absolute Gasteiger partial charge is 0.356 e. The highest BCUT2D eigenvalue weighted by atomic mass is 127. The quantitative estimate of drug-likeness (QED) is 0.321.